The van der Waals surface area contributed by atoms with E-state index in [1.165, 1.54) is 0 Å². The van der Waals surface area contributed by atoms with E-state index in [-0.39, 0.29) is 6.42 Å². The molecule has 0 radical (unpaired) electrons. The van der Waals surface area contributed by atoms with Gasteiger partial charge < -0.3 is 11.1 Å². The fraction of sp³-hybridized carbons (Fsp3) is 0.500. The van der Waals surface area contributed by atoms with Gasteiger partial charge in [0.05, 0.1) is 0 Å². The molecule has 11 heavy (non-hydrogen) atoms. The highest BCUT2D eigenvalue weighted by Crippen LogP contribution is 1.83. The monoisotopic (exact) mass is 157 g/mol. The first kappa shape index (κ1) is 9.77. The Hall–Kier alpha value is -1.23. The van der Waals surface area contributed by atoms with E-state index in [0.29, 0.717) is 6.54 Å². The maximum atomic E-state index is 10.8. The average Bonchev–Trinajstić information content (AvgIpc) is 1.98. The Bertz CT molecular complexity index is 188. The highest BCUT2D eigenvalue weighted by atomic mass is 16.2. The van der Waals surface area contributed by atoms with E-state index < -0.39 is 17.4 Å². The van der Waals surface area contributed by atoms with Gasteiger partial charge in [-0.25, -0.2) is 0 Å². The first-order valence-corrected chi connectivity index (χ1v) is 3.15. The van der Waals surface area contributed by atoms with Crippen LogP contribution in [0.1, 0.15) is 6.42 Å². The van der Waals surface area contributed by atoms with Gasteiger partial charge in [0.1, 0.15) is 0 Å². The van der Waals surface area contributed by atoms with Gasteiger partial charge in [0, 0.05) is 13.0 Å². The summed E-state index contributed by atoms with van der Waals surface area (Å²) in [5, 5.41) is 9.60. The second-order valence-corrected chi connectivity index (χ2v) is 2.02. The van der Waals surface area contributed by atoms with Gasteiger partial charge in [-0.1, -0.05) is 0 Å². The quantitative estimate of drug-likeness (QED) is 0.341. The lowest BCUT2D eigenvalue weighted by Crippen LogP contribution is -2.31. The zero-order valence-corrected chi connectivity index (χ0v) is 6.31. The second kappa shape index (κ2) is 4.56. The van der Waals surface area contributed by atoms with E-state index in [0.717, 1.165) is 0 Å². The second-order valence-electron chi connectivity index (χ2n) is 2.02. The summed E-state index contributed by atoms with van der Waals surface area (Å²) >= 11 is 0. The topological polar surface area (TPSA) is 96.0 Å². The van der Waals surface area contributed by atoms with Gasteiger partial charge in [-0.3, -0.25) is 15.0 Å². The smallest absolute Gasteiger partial charge is 0.270 e. The molecule has 0 saturated heterocycles. The third-order valence-electron chi connectivity index (χ3n) is 1.13. The zero-order chi connectivity index (χ0) is 8.85. The summed E-state index contributed by atoms with van der Waals surface area (Å²) in [5.41, 5.74) is 4.08. The summed E-state index contributed by atoms with van der Waals surface area (Å²) in [6.45, 7) is 0.453. The molecule has 0 aliphatic carbocycles. The molecular weight excluding hydrogens is 146 g/mol. The average molecular weight is 157 g/mol. The van der Waals surface area contributed by atoms with Crippen molar-refractivity contribution in [2.45, 2.75) is 6.42 Å². The number of hydrogen-bond donors (Lipinski definition) is 3. The van der Waals surface area contributed by atoms with E-state index >= 15 is 0 Å². The molecule has 4 N–H and O–H groups in total. The molecule has 0 atom stereocenters. The predicted molar refractivity (Wildman–Crippen MR) is 40.5 cm³/mol. The van der Waals surface area contributed by atoms with Crippen LogP contribution in [0.15, 0.2) is 0 Å². The highest BCUT2D eigenvalue weighted by Gasteiger charge is 2.13. The molecule has 62 valence electrons. The van der Waals surface area contributed by atoms with E-state index in [2.05, 4.69) is 5.32 Å². The first-order chi connectivity index (χ1) is 5.09. The minimum atomic E-state index is -0.967. The van der Waals surface area contributed by atoms with Gasteiger partial charge in [0.2, 0.25) is 0 Å². The van der Waals surface area contributed by atoms with Gasteiger partial charge >= 0.3 is 0 Å². The SMILES string of the molecule is CNCCC(=O)C(=N)C(N)=O. The molecule has 0 aliphatic rings. The molecule has 0 aromatic heterocycles. The third kappa shape index (κ3) is 3.47. The van der Waals surface area contributed by atoms with Crippen molar-refractivity contribution < 1.29 is 9.59 Å². The predicted octanol–water partition coefficient (Wildman–Crippen LogP) is -1.33. The third-order valence-corrected chi connectivity index (χ3v) is 1.13. The van der Waals surface area contributed by atoms with Gasteiger partial charge in [-0.2, -0.15) is 0 Å². The molecule has 5 heteroatoms. The van der Waals surface area contributed by atoms with E-state index in [4.69, 9.17) is 11.1 Å². The number of hydrogen-bond acceptors (Lipinski definition) is 4. The largest absolute Gasteiger partial charge is 0.364 e. The van der Waals surface area contributed by atoms with Crippen LogP contribution >= 0.6 is 0 Å². The van der Waals surface area contributed by atoms with Crippen LogP contribution in [-0.2, 0) is 9.59 Å². The van der Waals surface area contributed by atoms with Crippen molar-refractivity contribution in [2.24, 2.45) is 5.73 Å². The number of ketones is 1. The molecule has 0 bridgehead atoms. The minimum absolute atomic E-state index is 0.137. The molecule has 0 unspecified atom stereocenters. The Labute approximate surface area is 64.5 Å². The number of nitrogens with one attached hydrogen (secondary N) is 2. The fourth-order valence-corrected chi connectivity index (χ4v) is 0.501. The lowest BCUT2D eigenvalue weighted by Gasteiger charge is -1.97. The zero-order valence-electron chi connectivity index (χ0n) is 6.31. The molecule has 1 amide bonds. The Morgan fingerprint density at radius 3 is 2.45 bits per heavy atom. The molecule has 0 aromatic carbocycles. The number of carbonyl (C=O) groups excluding carboxylic acids is 2. The standard InChI is InChI=1S/C6H11N3O2/c1-9-3-2-4(10)5(7)6(8)11/h7,9H,2-3H2,1H3,(H2,8,11). The Morgan fingerprint density at radius 2 is 2.09 bits per heavy atom. The molecule has 0 spiro atoms. The minimum Gasteiger partial charge on any atom is -0.364 e. The van der Waals surface area contributed by atoms with Crippen molar-refractivity contribution >= 4 is 17.4 Å². The van der Waals surface area contributed by atoms with Gasteiger partial charge in [-0.15, -0.1) is 0 Å². The fourth-order valence-electron chi connectivity index (χ4n) is 0.501. The molecule has 0 rings (SSSR count). The summed E-state index contributed by atoms with van der Waals surface area (Å²) in [6, 6.07) is 0. The molecule has 0 aromatic rings. The van der Waals surface area contributed by atoms with Crippen LogP contribution in [0, 0.1) is 5.41 Å². The van der Waals surface area contributed by atoms with Crippen molar-refractivity contribution in [2.75, 3.05) is 13.6 Å². The van der Waals surface area contributed by atoms with Gasteiger partial charge in [0.15, 0.2) is 11.5 Å². The molecule has 0 saturated carbocycles. The van der Waals surface area contributed by atoms with Crippen molar-refractivity contribution in [3.8, 4) is 0 Å². The molecule has 0 heterocycles. The van der Waals surface area contributed by atoms with Crippen LogP contribution in [0.5, 0.6) is 0 Å². The lowest BCUT2D eigenvalue weighted by atomic mass is 10.2. The van der Waals surface area contributed by atoms with Crippen LogP contribution in [0.2, 0.25) is 0 Å². The summed E-state index contributed by atoms with van der Waals surface area (Å²) in [6.07, 6.45) is 0.137. The Kier molecular flexibility index (Phi) is 4.05. The number of carbonyl (C=O) groups is 2. The van der Waals surface area contributed by atoms with E-state index in [1.54, 1.807) is 7.05 Å². The van der Waals surface area contributed by atoms with Crippen molar-refractivity contribution in [1.29, 1.82) is 5.41 Å². The molecule has 0 fully saturated rings. The maximum Gasteiger partial charge on any atom is 0.270 e. The number of amides is 1. The number of primary amides is 1. The number of rotatable bonds is 5. The normalized spacial score (nSPS) is 9.18. The van der Waals surface area contributed by atoms with Crippen molar-refractivity contribution in [3.05, 3.63) is 0 Å². The highest BCUT2D eigenvalue weighted by molar-refractivity contribution is 6.64. The first-order valence-electron chi connectivity index (χ1n) is 3.15. The summed E-state index contributed by atoms with van der Waals surface area (Å²) in [7, 11) is 1.68. The maximum absolute atomic E-state index is 10.8. The van der Waals surface area contributed by atoms with E-state index in [9.17, 15) is 9.59 Å². The van der Waals surface area contributed by atoms with Crippen LogP contribution < -0.4 is 11.1 Å². The van der Waals surface area contributed by atoms with Crippen LogP contribution in [-0.4, -0.2) is 31.0 Å². The lowest BCUT2D eigenvalue weighted by molar-refractivity contribution is -0.116. The van der Waals surface area contributed by atoms with Gasteiger partial charge in [-0.05, 0) is 7.05 Å². The number of nitrogens with two attached hydrogens (primary N) is 1. The van der Waals surface area contributed by atoms with E-state index in [1.807, 2.05) is 0 Å². The summed E-state index contributed by atoms with van der Waals surface area (Å²) < 4.78 is 0. The molecule has 5 nitrogen and oxygen atoms in total. The summed E-state index contributed by atoms with van der Waals surface area (Å²) in [5.74, 6) is -1.49. The number of Topliss-reactive ketones (excluding diaryl/α,β-unsaturated/α-hetero) is 1. The van der Waals surface area contributed by atoms with Crippen LogP contribution in [0.25, 0.3) is 0 Å². The Balaban J connectivity index is 3.84. The summed E-state index contributed by atoms with van der Waals surface area (Å²) in [4.78, 5) is 21.0. The van der Waals surface area contributed by atoms with Crippen molar-refractivity contribution in [1.82, 2.24) is 5.32 Å². The van der Waals surface area contributed by atoms with Crippen molar-refractivity contribution in [3.63, 3.8) is 0 Å². The molecular formula is C6H11N3O2. The van der Waals surface area contributed by atoms with Crippen LogP contribution in [0.4, 0.5) is 0 Å². The Morgan fingerprint density at radius 1 is 1.55 bits per heavy atom. The van der Waals surface area contributed by atoms with Gasteiger partial charge in [0.25, 0.3) is 5.91 Å². The van der Waals surface area contributed by atoms with Crippen LogP contribution in [0.3, 0.4) is 0 Å². The molecule has 0 aliphatic heterocycles.